The summed E-state index contributed by atoms with van der Waals surface area (Å²) in [5.74, 6) is 0.513. The van der Waals surface area contributed by atoms with Crippen LogP contribution in [0.4, 0.5) is 5.95 Å². The highest BCUT2D eigenvalue weighted by Crippen LogP contribution is 2.09. The standard InChI is InChI=1S/C13H21N5O2/c1-17(2)4-3-14-12(19)11-9-15-13(16-10-11)18-5-7-20-8-6-18/h9-10H,3-8H2,1-2H3,(H,14,19). The third-order valence-corrected chi connectivity index (χ3v) is 3.04. The number of likely N-dealkylation sites (N-methyl/N-ethyl adjacent to an activating group) is 1. The van der Waals surface area contributed by atoms with Crippen molar-refractivity contribution in [3.05, 3.63) is 18.0 Å². The number of nitrogens with zero attached hydrogens (tertiary/aromatic N) is 4. The van der Waals surface area contributed by atoms with E-state index in [1.165, 1.54) is 0 Å². The van der Waals surface area contributed by atoms with Gasteiger partial charge in [0.25, 0.3) is 5.91 Å². The molecule has 1 aromatic heterocycles. The van der Waals surface area contributed by atoms with E-state index in [9.17, 15) is 4.79 Å². The first-order valence-electron chi connectivity index (χ1n) is 6.74. The molecule has 110 valence electrons. The second-order valence-electron chi connectivity index (χ2n) is 4.93. The summed E-state index contributed by atoms with van der Waals surface area (Å²) in [7, 11) is 3.93. The average molecular weight is 279 g/mol. The fraction of sp³-hybridized carbons (Fsp3) is 0.615. The van der Waals surface area contributed by atoms with Crippen LogP contribution in [-0.2, 0) is 4.74 Å². The van der Waals surface area contributed by atoms with Crippen LogP contribution in [0.5, 0.6) is 0 Å². The first kappa shape index (κ1) is 14.7. The summed E-state index contributed by atoms with van der Waals surface area (Å²) < 4.78 is 5.28. The molecule has 1 amide bonds. The molecule has 1 fully saturated rings. The van der Waals surface area contributed by atoms with E-state index in [0.717, 1.165) is 19.6 Å². The predicted molar refractivity (Wildman–Crippen MR) is 76.0 cm³/mol. The fourth-order valence-corrected chi connectivity index (χ4v) is 1.86. The lowest BCUT2D eigenvalue weighted by Crippen LogP contribution is -2.37. The van der Waals surface area contributed by atoms with E-state index in [0.29, 0.717) is 31.3 Å². The molecule has 0 aromatic carbocycles. The summed E-state index contributed by atoms with van der Waals surface area (Å²) in [6.07, 6.45) is 3.14. The molecule has 1 aliphatic rings. The van der Waals surface area contributed by atoms with Crippen molar-refractivity contribution < 1.29 is 9.53 Å². The van der Waals surface area contributed by atoms with Crippen molar-refractivity contribution in [1.29, 1.82) is 0 Å². The molecule has 0 bridgehead atoms. The first-order valence-corrected chi connectivity index (χ1v) is 6.74. The number of carbonyl (C=O) groups excluding carboxylic acids is 1. The Balaban J connectivity index is 1.88. The van der Waals surface area contributed by atoms with Gasteiger partial charge >= 0.3 is 0 Å². The van der Waals surface area contributed by atoms with Gasteiger partial charge in [-0.15, -0.1) is 0 Å². The number of morpholine rings is 1. The highest BCUT2D eigenvalue weighted by Gasteiger charge is 2.14. The van der Waals surface area contributed by atoms with Crippen LogP contribution in [0.25, 0.3) is 0 Å². The fourth-order valence-electron chi connectivity index (χ4n) is 1.86. The Kier molecular flexibility index (Phi) is 5.25. The van der Waals surface area contributed by atoms with Gasteiger partial charge in [-0.1, -0.05) is 0 Å². The van der Waals surface area contributed by atoms with Crippen LogP contribution in [0.15, 0.2) is 12.4 Å². The van der Waals surface area contributed by atoms with Crippen molar-refractivity contribution in [2.75, 3.05) is 58.4 Å². The molecule has 0 saturated carbocycles. The summed E-state index contributed by atoms with van der Waals surface area (Å²) in [5.41, 5.74) is 0.487. The van der Waals surface area contributed by atoms with Crippen LogP contribution in [-0.4, -0.2) is 74.3 Å². The minimum absolute atomic E-state index is 0.139. The highest BCUT2D eigenvalue weighted by atomic mass is 16.5. The smallest absolute Gasteiger partial charge is 0.254 e. The van der Waals surface area contributed by atoms with Crippen molar-refractivity contribution in [2.24, 2.45) is 0 Å². The van der Waals surface area contributed by atoms with E-state index in [-0.39, 0.29) is 5.91 Å². The van der Waals surface area contributed by atoms with E-state index in [1.807, 2.05) is 19.0 Å². The third kappa shape index (κ3) is 4.14. The number of carbonyl (C=O) groups is 1. The maximum absolute atomic E-state index is 11.9. The Morgan fingerprint density at radius 1 is 1.35 bits per heavy atom. The molecule has 0 radical (unpaired) electrons. The van der Waals surface area contributed by atoms with Crippen LogP contribution in [0.2, 0.25) is 0 Å². The number of aromatic nitrogens is 2. The van der Waals surface area contributed by atoms with Crippen molar-refractivity contribution in [3.8, 4) is 0 Å². The molecule has 2 heterocycles. The molecule has 1 aliphatic heterocycles. The van der Waals surface area contributed by atoms with Crippen molar-refractivity contribution in [3.63, 3.8) is 0 Å². The Labute approximate surface area is 118 Å². The molecule has 0 aliphatic carbocycles. The molecule has 2 rings (SSSR count). The summed E-state index contributed by atoms with van der Waals surface area (Å²) in [5, 5.41) is 2.84. The summed E-state index contributed by atoms with van der Waals surface area (Å²) >= 11 is 0. The first-order chi connectivity index (χ1) is 9.66. The quantitative estimate of drug-likeness (QED) is 0.791. The van der Waals surface area contributed by atoms with E-state index >= 15 is 0 Å². The summed E-state index contributed by atoms with van der Waals surface area (Å²) in [6.45, 7) is 4.37. The van der Waals surface area contributed by atoms with Gasteiger partial charge in [0.1, 0.15) is 0 Å². The summed E-state index contributed by atoms with van der Waals surface area (Å²) in [6, 6.07) is 0. The van der Waals surface area contributed by atoms with E-state index in [4.69, 9.17) is 4.74 Å². The number of rotatable bonds is 5. The van der Waals surface area contributed by atoms with Gasteiger partial charge in [0.05, 0.1) is 18.8 Å². The van der Waals surface area contributed by atoms with Crippen LogP contribution < -0.4 is 10.2 Å². The van der Waals surface area contributed by atoms with E-state index < -0.39 is 0 Å². The van der Waals surface area contributed by atoms with Crippen LogP contribution in [0, 0.1) is 0 Å². The molecule has 1 saturated heterocycles. The van der Waals surface area contributed by atoms with Crippen LogP contribution in [0.1, 0.15) is 10.4 Å². The van der Waals surface area contributed by atoms with Crippen molar-refractivity contribution in [1.82, 2.24) is 20.2 Å². The Morgan fingerprint density at radius 3 is 2.60 bits per heavy atom. The Morgan fingerprint density at radius 2 is 2.00 bits per heavy atom. The largest absolute Gasteiger partial charge is 0.378 e. The average Bonchev–Trinajstić information content (AvgIpc) is 2.48. The van der Waals surface area contributed by atoms with E-state index in [1.54, 1.807) is 12.4 Å². The molecule has 7 heteroatoms. The molecule has 0 spiro atoms. The number of hydrogen-bond acceptors (Lipinski definition) is 6. The number of anilines is 1. The van der Waals surface area contributed by atoms with Gasteiger partial charge in [-0.3, -0.25) is 4.79 Å². The predicted octanol–water partition coefficient (Wildman–Crippen LogP) is -0.395. The molecular formula is C13H21N5O2. The van der Waals surface area contributed by atoms with Gasteiger partial charge in [-0.05, 0) is 14.1 Å². The monoisotopic (exact) mass is 279 g/mol. The topological polar surface area (TPSA) is 70.6 Å². The minimum Gasteiger partial charge on any atom is -0.378 e. The number of hydrogen-bond donors (Lipinski definition) is 1. The number of amides is 1. The molecule has 7 nitrogen and oxygen atoms in total. The lowest BCUT2D eigenvalue weighted by molar-refractivity contribution is 0.0950. The molecule has 0 atom stereocenters. The van der Waals surface area contributed by atoms with Gasteiger partial charge in [-0.25, -0.2) is 9.97 Å². The third-order valence-electron chi connectivity index (χ3n) is 3.04. The van der Waals surface area contributed by atoms with Crippen LogP contribution in [0.3, 0.4) is 0 Å². The zero-order valence-corrected chi connectivity index (χ0v) is 12.0. The van der Waals surface area contributed by atoms with Gasteiger partial charge in [-0.2, -0.15) is 0 Å². The van der Waals surface area contributed by atoms with Gasteiger partial charge in [0.2, 0.25) is 5.95 Å². The number of ether oxygens (including phenoxy) is 1. The highest BCUT2D eigenvalue weighted by molar-refractivity contribution is 5.93. The van der Waals surface area contributed by atoms with Crippen LogP contribution >= 0.6 is 0 Å². The normalized spacial score (nSPS) is 15.4. The summed E-state index contributed by atoms with van der Waals surface area (Å²) in [4.78, 5) is 24.4. The maximum atomic E-state index is 11.9. The SMILES string of the molecule is CN(C)CCNC(=O)c1cnc(N2CCOCC2)nc1. The molecule has 1 aromatic rings. The lowest BCUT2D eigenvalue weighted by Gasteiger charge is -2.26. The second kappa shape index (κ2) is 7.16. The molecule has 0 unspecified atom stereocenters. The Hall–Kier alpha value is -1.73. The zero-order chi connectivity index (χ0) is 14.4. The second-order valence-corrected chi connectivity index (χ2v) is 4.93. The van der Waals surface area contributed by atoms with Gasteiger partial charge < -0.3 is 19.9 Å². The minimum atomic E-state index is -0.139. The molecule has 20 heavy (non-hydrogen) atoms. The lowest BCUT2D eigenvalue weighted by atomic mass is 10.3. The van der Waals surface area contributed by atoms with Crippen molar-refractivity contribution in [2.45, 2.75) is 0 Å². The van der Waals surface area contributed by atoms with Gasteiger partial charge in [0, 0.05) is 38.6 Å². The van der Waals surface area contributed by atoms with E-state index in [2.05, 4.69) is 20.2 Å². The van der Waals surface area contributed by atoms with Gasteiger partial charge in [0.15, 0.2) is 0 Å². The molecule has 1 N–H and O–H groups in total. The van der Waals surface area contributed by atoms with Crippen molar-refractivity contribution >= 4 is 11.9 Å². The number of nitrogens with one attached hydrogen (secondary N) is 1. The molecular weight excluding hydrogens is 258 g/mol. The zero-order valence-electron chi connectivity index (χ0n) is 12.0. The Bertz CT molecular complexity index is 429. The maximum Gasteiger partial charge on any atom is 0.254 e.